The van der Waals surface area contributed by atoms with E-state index in [4.69, 9.17) is 5.10 Å². The summed E-state index contributed by atoms with van der Waals surface area (Å²) < 4.78 is 13.5. The normalized spacial score (nSPS) is 26.3. The molecule has 3 heterocycles. The number of benzene rings is 1. The number of hydrazone groups is 1. The lowest BCUT2D eigenvalue weighted by Crippen LogP contribution is -2.66. The summed E-state index contributed by atoms with van der Waals surface area (Å²) in [6.45, 7) is 5.76. The van der Waals surface area contributed by atoms with E-state index in [9.17, 15) is 14.0 Å². The summed E-state index contributed by atoms with van der Waals surface area (Å²) in [7, 11) is 1.75. The number of unbranched alkanes of at least 4 members (excludes halogenated alkanes) is 2. The van der Waals surface area contributed by atoms with Crippen molar-refractivity contribution in [3.8, 4) is 0 Å². The topological polar surface area (TPSA) is 71.5 Å². The fraction of sp³-hybridized carbons (Fsp3) is 0.591. The van der Waals surface area contributed by atoms with Crippen LogP contribution >= 0.6 is 0 Å². The average molecular weight is 431 g/mol. The summed E-state index contributed by atoms with van der Waals surface area (Å²) in [5.74, 6) is -0.453. The molecule has 4 rings (SSSR count). The number of rotatable bonds is 7. The van der Waals surface area contributed by atoms with Crippen molar-refractivity contribution in [1.29, 1.82) is 0 Å². The van der Waals surface area contributed by atoms with Crippen molar-refractivity contribution in [3.05, 3.63) is 35.6 Å². The number of carbonyl (C=O) groups is 2. The molecular weight excluding hydrogens is 399 g/mol. The number of amides is 3. The van der Waals surface area contributed by atoms with Gasteiger partial charge in [-0.15, -0.1) is 0 Å². The van der Waals surface area contributed by atoms with E-state index in [-0.39, 0.29) is 24.0 Å². The Morgan fingerprint density at radius 2 is 1.77 bits per heavy atom. The first-order chi connectivity index (χ1) is 15.0. The first-order valence-electron chi connectivity index (χ1n) is 11.2. The second-order valence-electron chi connectivity index (χ2n) is 8.41. The molecule has 0 radical (unpaired) electrons. The summed E-state index contributed by atoms with van der Waals surface area (Å²) in [5.41, 5.74) is 1.63. The zero-order valence-electron chi connectivity index (χ0n) is 18.4. The first-order valence-corrected chi connectivity index (χ1v) is 11.2. The Labute approximate surface area is 182 Å². The van der Waals surface area contributed by atoms with E-state index >= 15 is 0 Å². The molecule has 2 fully saturated rings. The van der Waals surface area contributed by atoms with Gasteiger partial charge < -0.3 is 4.90 Å². The van der Waals surface area contributed by atoms with Gasteiger partial charge in [0.1, 0.15) is 18.0 Å². The van der Waals surface area contributed by atoms with E-state index in [0.717, 1.165) is 43.5 Å². The highest BCUT2D eigenvalue weighted by atomic mass is 19.1. The van der Waals surface area contributed by atoms with Crippen LogP contribution in [0.5, 0.6) is 0 Å². The van der Waals surface area contributed by atoms with Gasteiger partial charge in [-0.05, 0) is 30.5 Å². The molecule has 3 atom stereocenters. The fourth-order valence-electron chi connectivity index (χ4n) is 4.50. The molecule has 3 amide bonds. The highest BCUT2D eigenvalue weighted by molar-refractivity contribution is 6.04. The van der Waals surface area contributed by atoms with Crippen LogP contribution in [-0.2, 0) is 4.79 Å². The molecule has 31 heavy (non-hydrogen) atoms. The Hall–Kier alpha value is -2.52. The first kappa shape index (κ1) is 21.7. The number of hydrogen-bond acceptors (Lipinski definition) is 6. The minimum absolute atomic E-state index is 0.160. The van der Waals surface area contributed by atoms with Crippen LogP contribution in [0.1, 0.15) is 45.1 Å². The largest absolute Gasteiger partial charge is 0.327 e. The van der Waals surface area contributed by atoms with Gasteiger partial charge in [0.2, 0.25) is 0 Å². The molecule has 168 valence electrons. The van der Waals surface area contributed by atoms with Gasteiger partial charge in [0.25, 0.3) is 5.91 Å². The second kappa shape index (κ2) is 8.92. The lowest BCUT2D eigenvalue weighted by molar-refractivity contribution is -0.139. The summed E-state index contributed by atoms with van der Waals surface area (Å²) in [6.07, 6.45) is 2.98. The monoisotopic (exact) mass is 430 g/mol. The van der Waals surface area contributed by atoms with E-state index in [1.165, 1.54) is 17.0 Å². The zero-order chi connectivity index (χ0) is 22.1. The third-order valence-electron chi connectivity index (χ3n) is 6.28. The Balaban J connectivity index is 1.66. The Kier molecular flexibility index (Phi) is 6.24. The maximum absolute atomic E-state index is 13.5. The highest BCUT2D eigenvalue weighted by Crippen LogP contribution is 2.31. The molecule has 1 N–H and O–H groups in total. The SMILES string of the molecule is CCCCN1C(=O)C2C(NC3N(CCCC)N=C(c4ccc(F)cc4)CN23)N(C)C1=O. The number of imide groups is 1. The number of hydrogen-bond donors (Lipinski definition) is 1. The molecule has 0 aromatic heterocycles. The molecule has 3 aliphatic rings. The number of urea groups is 1. The molecule has 1 aromatic carbocycles. The van der Waals surface area contributed by atoms with E-state index < -0.39 is 12.2 Å². The summed E-state index contributed by atoms with van der Waals surface area (Å²) in [4.78, 5) is 31.4. The van der Waals surface area contributed by atoms with Gasteiger partial charge in [-0.1, -0.05) is 38.8 Å². The smallest absolute Gasteiger partial charge is 0.310 e. The van der Waals surface area contributed by atoms with Crippen molar-refractivity contribution in [2.75, 3.05) is 26.7 Å². The van der Waals surface area contributed by atoms with E-state index in [0.29, 0.717) is 13.1 Å². The molecule has 0 bridgehead atoms. The molecule has 9 heteroatoms. The maximum Gasteiger partial charge on any atom is 0.327 e. The van der Waals surface area contributed by atoms with Gasteiger partial charge in [-0.3, -0.25) is 20.0 Å². The van der Waals surface area contributed by atoms with Gasteiger partial charge in [-0.25, -0.2) is 14.1 Å². The van der Waals surface area contributed by atoms with Gasteiger partial charge in [-0.2, -0.15) is 5.10 Å². The number of halogens is 1. The van der Waals surface area contributed by atoms with Crippen LogP contribution in [-0.4, -0.2) is 82.5 Å². The number of likely N-dealkylation sites (N-methyl/N-ethyl adjacent to an activating group) is 1. The third-order valence-corrected chi connectivity index (χ3v) is 6.28. The minimum atomic E-state index is -0.486. The van der Waals surface area contributed by atoms with E-state index in [2.05, 4.69) is 17.1 Å². The molecule has 0 saturated carbocycles. The number of nitrogens with zero attached hydrogens (tertiary/aromatic N) is 5. The minimum Gasteiger partial charge on any atom is -0.310 e. The molecular formula is C22H31FN6O2. The van der Waals surface area contributed by atoms with Gasteiger partial charge in [0.15, 0.2) is 6.29 Å². The van der Waals surface area contributed by atoms with Gasteiger partial charge in [0, 0.05) is 26.7 Å². The average Bonchev–Trinajstić information content (AvgIpc) is 3.16. The van der Waals surface area contributed by atoms with Gasteiger partial charge >= 0.3 is 6.03 Å². The Morgan fingerprint density at radius 3 is 2.45 bits per heavy atom. The van der Waals surface area contributed by atoms with Crippen LogP contribution in [0.3, 0.4) is 0 Å². The molecule has 3 aliphatic heterocycles. The van der Waals surface area contributed by atoms with Crippen molar-refractivity contribution in [2.24, 2.45) is 5.10 Å². The van der Waals surface area contributed by atoms with Crippen molar-refractivity contribution in [2.45, 2.75) is 58.0 Å². The third kappa shape index (κ3) is 3.92. The summed E-state index contributed by atoms with van der Waals surface area (Å²) in [5, 5.41) is 10.3. The number of carbonyl (C=O) groups excluding carboxylic acids is 2. The maximum atomic E-state index is 13.5. The summed E-state index contributed by atoms with van der Waals surface area (Å²) >= 11 is 0. The Morgan fingerprint density at radius 1 is 1.10 bits per heavy atom. The predicted octanol–water partition coefficient (Wildman–Crippen LogP) is 2.22. The van der Waals surface area contributed by atoms with Crippen LogP contribution < -0.4 is 5.32 Å². The molecule has 0 aliphatic carbocycles. The highest BCUT2D eigenvalue weighted by Gasteiger charge is 2.56. The van der Waals surface area contributed by atoms with Crippen molar-refractivity contribution >= 4 is 17.6 Å². The zero-order valence-corrected chi connectivity index (χ0v) is 18.4. The van der Waals surface area contributed by atoms with Crippen LogP contribution in [0.25, 0.3) is 0 Å². The molecule has 0 spiro atoms. The molecule has 1 aromatic rings. The predicted molar refractivity (Wildman–Crippen MR) is 116 cm³/mol. The summed E-state index contributed by atoms with van der Waals surface area (Å²) in [6, 6.07) is 5.55. The number of nitrogens with one attached hydrogen (secondary N) is 1. The molecule has 8 nitrogen and oxygen atoms in total. The van der Waals surface area contributed by atoms with Crippen molar-refractivity contribution in [3.63, 3.8) is 0 Å². The van der Waals surface area contributed by atoms with Crippen LogP contribution in [0.15, 0.2) is 29.4 Å². The van der Waals surface area contributed by atoms with Crippen LogP contribution in [0.2, 0.25) is 0 Å². The van der Waals surface area contributed by atoms with E-state index in [1.807, 2.05) is 11.9 Å². The number of fused-ring (bicyclic) bond motifs is 3. The Bertz CT molecular complexity index is 860. The molecule has 3 unspecified atom stereocenters. The lowest BCUT2D eigenvalue weighted by atomic mass is 10.1. The van der Waals surface area contributed by atoms with E-state index in [1.54, 1.807) is 24.1 Å². The van der Waals surface area contributed by atoms with Crippen molar-refractivity contribution < 1.29 is 14.0 Å². The van der Waals surface area contributed by atoms with Crippen LogP contribution in [0.4, 0.5) is 9.18 Å². The van der Waals surface area contributed by atoms with Crippen LogP contribution in [0, 0.1) is 5.82 Å². The van der Waals surface area contributed by atoms with Gasteiger partial charge in [0.05, 0.1) is 5.71 Å². The quantitative estimate of drug-likeness (QED) is 0.718. The standard InChI is InChI=1S/C22H31FN6O2/c1-4-6-12-27-20(30)18-19(26(3)22(27)31)24-21-28(18)14-17(25-29(21)13-7-5-2)15-8-10-16(23)11-9-15/h8-11,18-19,21,24H,4-7,12-14H2,1-3H3. The second-order valence-corrected chi connectivity index (χ2v) is 8.41. The fourth-order valence-corrected chi connectivity index (χ4v) is 4.50. The molecule has 2 saturated heterocycles. The van der Waals surface area contributed by atoms with Crippen molar-refractivity contribution in [1.82, 2.24) is 25.0 Å². The lowest BCUT2D eigenvalue weighted by Gasteiger charge is -2.42.